The SMILES string of the molecule is NCC(c1ccc(Cl)c(Cl)c1)C(O)c1ccc(Cl)s1. The Bertz CT molecular complexity index is 573. The van der Waals surface area contributed by atoms with Gasteiger partial charge < -0.3 is 10.8 Å². The molecule has 0 aliphatic rings. The Morgan fingerprint density at radius 2 is 1.84 bits per heavy atom. The fourth-order valence-corrected chi connectivity index (χ4v) is 3.29. The number of hydrogen-bond donors (Lipinski definition) is 2. The van der Waals surface area contributed by atoms with Crippen molar-refractivity contribution in [3.63, 3.8) is 0 Å². The van der Waals surface area contributed by atoms with Crippen LogP contribution < -0.4 is 5.73 Å². The van der Waals surface area contributed by atoms with E-state index in [0.29, 0.717) is 20.9 Å². The van der Waals surface area contributed by atoms with Crippen LogP contribution in [0.1, 0.15) is 22.5 Å². The fraction of sp³-hybridized carbons (Fsp3) is 0.231. The maximum absolute atomic E-state index is 10.4. The maximum atomic E-state index is 10.4. The van der Waals surface area contributed by atoms with Gasteiger partial charge in [0.15, 0.2) is 0 Å². The molecule has 19 heavy (non-hydrogen) atoms. The van der Waals surface area contributed by atoms with E-state index in [1.807, 2.05) is 6.07 Å². The summed E-state index contributed by atoms with van der Waals surface area (Å²) in [5.41, 5.74) is 6.63. The smallest absolute Gasteiger partial charge is 0.0962 e. The molecule has 6 heteroatoms. The summed E-state index contributed by atoms with van der Waals surface area (Å²) in [4.78, 5) is 0.784. The van der Waals surface area contributed by atoms with Crippen LogP contribution in [-0.4, -0.2) is 11.7 Å². The van der Waals surface area contributed by atoms with Crippen LogP contribution in [0.4, 0.5) is 0 Å². The Morgan fingerprint density at radius 1 is 1.11 bits per heavy atom. The van der Waals surface area contributed by atoms with Gasteiger partial charge in [-0.25, -0.2) is 0 Å². The predicted molar refractivity (Wildman–Crippen MR) is 82.5 cm³/mol. The molecule has 102 valence electrons. The lowest BCUT2D eigenvalue weighted by Gasteiger charge is -2.21. The Balaban J connectivity index is 2.30. The molecular formula is C13H12Cl3NOS. The van der Waals surface area contributed by atoms with E-state index in [4.69, 9.17) is 40.5 Å². The summed E-state index contributed by atoms with van der Waals surface area (Å²) < 4.78 is 0.638. The lowest BCUT2D eigenvalue weighted by atomic mass is 9.92. The number of benzene rings is 1. The van der Waals surface area contributed by atoms with E-state index < -0.39 is 6.10 Å². The summed E-state index contributed by atoms with van der Waals surface area (Å²) in [6.45, 7) is 0.300. The zero-order valence-electron chi connectivity index (χ0n) is 9.82. The highest BCUT2D eigenvalue weighted by Gasteiger charge is 2.23. The molecule has 0 aliphatic carbocycles. The molecule has 0 amide bonds. The minimum absolute atomic E-state index is 0.246. The van der Waals surface area contributed by atoms with Crippen LogP contribution in [0.3, 0.4) is 0 Å². The van der Waals surface area contributed by atoms with Crippen LogP contribution in [0.15, 0.2) is 30.3 Å². The molecule has 0 aliphatic heterocycles. The molecule has 0 spiro atoms. The summed E-state index contributed by atoms with van der Waals surface area (Å²) in [5, 5.41) is 11.3. The molecule has 1 aromatic carbocycles. The van der Waals surface area contributed by atoms with Gasteiger partial charge in [-0.05, 0) is 29.8 Å². The van der Waals surface area contributed by atoms with Crippen molar-refractivity contribution in [3.05, 3.63) is 55.2 Å². The molecule has 0 bridgehead atoms. The average molecular weight is 337 g/mol. The second-order valence-electron chi connectivity index (χ2n) is 4.10. The third-order valence-corrected chi connectivity index (χ3v) is 4.93. The second-order valence-corrected chi connectivity index (χ2v) is 6.66. The molecule has 0 saturated carbocycles. The normalized spacial score (nSPS) is 14.4. The molecule has 0 saturated heterocycles. The van der Waals surface area contributed by atoms with Crippen molar-refractivity contribution in [2.24, 2.45) is 5.73 Å². The molecule has 1 aromatic heterocycles. The van der Waals surface area contributed by atoms with Crippen LogP contribution in [0.2, 0.25) is 14.4 Å². The van der Waals surface area contributed by atoms with Crippen molar-refractivity contribution in [2.75, 3.05) is 6.54 Å². The monoisotopic (exact) mass is 335 g/mol. The molecule has 2 atom stereocenters. The quantitative estimate of drug-likeness (QED) is 0.864. The van der Waals surface area contributed by atoms with Gasteiger partial charge in [0.2, 0.25) is 0 Å². The summed E-state index contributed by atoms with van der Waals surface area (Å²) in [5.74, 6) is -0.246. The first-order valence-corrected chi connectivity index (χ1v) is 7.56. The van der Waals surface area contributed by atoms with E-state index in [9.17, 15) is 5.11 Å². The highest BCUT2D eigenvalue weighted by atomic mass is 35.5. The van der Waals surface area contributed by atoms with Crippen molar-refractivity contribution in [1.29, 1.82) is 0 Å². The van der Waals surface area contributed by atoms with Gasteiger partial charge in [0, 0.05) is 17.3 Å². The number of aliphatic hydroxyl groups is 1. The molecule has 0 fully saturated rings. The third-order valence-electron chi connectivity index (χ3n) is 2.89. The second kappa shape index (κ2) is 6.44. The van der Waals surface area contributed by atoms with Crippen LogP contribution in [0.5, 0.6) is 0 Å². The number of aliphatic hydroxyl groups excluding tert-OH is 1. The zero-order chi connectivity index (χ0) is 14.0. The first-order valence-electron chi connectivity index (χ1n) is 5.61. The van der Waals surface area contributed by atoms with Gasteiger partial charge in [-0.1, -0.05) is 40.9 Å². The van der Waals surface area contributed by atoms with Gasteiger partial charge in [0.05, 0.1) is 20.5 Å². The van der Waals surface area contributed by atoms with Crippen molar-refractivity contribution in [1.82, 2.24) is 0 Å². The first-order chi connectivity index (χ1) is 9.02. The lowest BCUT2D eigenvalue weighted by molar-refractivity contribution is 0.151. The van der Waals surface area contributed by atoms with Gasteiger partial charge in [0.25, 0.3) is 0 Å². The number of thiophene rings is 1. The first kappa shape index (κ1) is 15.1. The average Bonchev–Trinajstić information content (AvgIpc) is 2.81. The summed E-state index contributed by atoms with van der Waals surface area (Å²) in [6, 6.07) is 8.82. The van der Waals surface area contributed by atoms with Crippen molar-refractivity contribution < 1.29 is 5.11 Å². The van der Waals surface area contributed by atoms with E-state index >= 15 is 0 Å². The van der Waals surface area contributed by atoms with Crippen molar-refractivity contribution in [3.8, 4) is 0 Å². The number of rotatable bonds is 4. The predicted octanol–water partition coefficient (Wildman–Crippen LogP) is 4.48. The van der Waals surface area contributed by atoms with E-state index in [1.165, 1.54) is 11.3 Å². The Hall–Kier alpha value is -0.290. The van der Waals surface area contributed by atoms with E-state index in [-0.39, 0.29) is 5.92 Å². The fourth-order valence-electron chi connectivity index (χ4n) is 1.88. The minimum Gasteiger partial charge on any atom is -0.387 e. The van der Waals surface area contributed by atoms with Crippen LogP contribution in [0, 0.1) is 0 Å². The Labute approximate surface area is 130 Å². The molecule has 0 radical (unpaired) electrons. The third kappa shape index (κ3) is 3.43. The minimum atomic E-state index is -0.709. The van der Waals surface area contributed by atoms with Gasteiger partial charge in [-0.15, -0.1) is 11.3 Å². The molecule has 2 nitrogen and oxygen atoms in total. The van der Waals surface area contributed by atoms with Crippen LogP contribution in [0.25, 0.3) is 0 Å². The van der Waals surface area contributed by atoms with E-state index in [1.54, 1.807) is 24.3 Å². The standard InChI is InChI=1S/C13H12Cl3NOS/c14-9-2-1-7(5-10(9)15)8(6-17)13(18)11-3-4-12(16)19-11/h1-5,8,13,18H,6,17H2. The van der Waals surface area contributed by atoms with Gasteiger partial charge in [0.1, 0.15) is 0 Å². The van der Waals surface area contributed by atoms with Gasteiger partial charge >= 0.3 is 0 Å². The van der Waals surface area contributed by atoms with E-state index in [0.717, 1.165) is 10.4 Å². The zero-order valence-corrected chi connectivity index (χ0v) is 12.9. The molecule has 2 aromatic rings. The van der Waals surface area contributed by atoms with Crippen molar-refractivity contribution in [2.45, 2.75) is 12.0 Å². The molecule has 2 rings (SSSR count). The Kier molecular flexibility index (Phi) is 5.12. The summed E-state index contributed by atoms with van der Waals surface area (Å²) >= 11 is 19.1. The highest BCUT2D eigenvalue weighted by molar-refractivity contribution is 7.16. The maximum Gasteiger partial charge on any atom is 0.0962 e. The van der Waals surface area contributed by atoms with E-state index in [2.05, 4.69) is 0 Å². The topological polar surface area (TPSA) is 46.2 Å². The van der Waals surface area contributed by atoms with Crippen LogP contribution >= 0.6 is 46.1 Å². The largest absolute Gasteiger partial charge is 0.387 e. The summed E-state index contributed by atoms with van der Waals surface area (Å²) in [6.07, 6.45) is -0.709. The van der Waals surface area contributed by atoms with Crippen LogP contribution in [-0.2, 0) is 0 Å². The van der Waals surface area contributed by atoms with Gasteiger partial charge in [-0.2, -0.15) is 0 Å². The highest BCUT2D eigenvalue weighted by Crippen LogP contribution is 2.37. The molecule has 3 N–H and O–H groups in total. The molecular weight excluding hydrogens is 325 g/mol. The van der Waals surface area contributed by atoms with Gasteiger partial charge in [-0.3, -0.25) is 0 Å². The number of halogens is 3. The molecule has 2 unspecified atom stereocenters. The Morgan fingerprint density at radius 3 is 2.37 bits per heavy atom. The molecule has 1 heterocycles. The van der Waals surface area contributed by atoms with Crippen molar-refractivity contribution >= 4 is 46.1 Å². The summed E-state index contributed by atoms with van der Waals surface area (Å²) in [7, 11) is 0. The lowest BCUT2D eigenvalue weighted by Crippen LogP contribution is -2.19. The number of nitrogens with two attached hydrogens (primary N) is 1. The number of hydrogen-bond acceptors (Lipinski definition) is 3.